The summed E-state index contributed by atoms with van der Waals surface area (Å²) < 4.78 is 0. The summed E-state index contributed by atoms with van der Waals surface area (Å²) in [4.78, 5) is 16.4. The lowest BCUT2D eigenvalue weighted by Gasteiger charge is -2.58. The van der Waals surface area contributed by atoms with Gasteiger partial charge in [-0.15, -0.1) is 0 Å². The third-order valence-electron chi connectivity index (χ3n) is 10.1. The topological polar surface area (TPSA) is 79.1 Å². The molecule has 3 saturated carbocycles. The van der Waals surface area contributed by atoms with Gasteiger partial charge in [0.25, 0.3) is 0 Å². The number of hydrogen-bond donors (Lipinski definition) is 2. The molecule has 0 aromatic heterocycles. The molecule has 6 heteroatoms. The zero-order valence-corrected chi connectivity index (χ0v) is 22.1. The predicted octanol–water partition coefficient (Wildman–Crippen LogP) is 6.75. The van der Waals surface area contributed by atoms with Crippen LogP contribution in [0.3, 0.4) is 0 Å². The third-order valence-corrected chi connectivity index (χ3v) is 10.5. The molecule has 1 aromatic rings. The summed E-state index contributed by atoms with van der Waals surface area (Å²) in [5, 5.41) is 24.4. The Hall–Kier alpha value is -2.11. The number of aliphatic hydroxyl groups is 1. The SMILES string of the molecule is C[C@]12CC[C@H]3[C@@H](CC=C4C[C@@H](O)CC[C@@]43C)[C@@H]1CC[C@@H]2C(/C=C/c1ccccc1Cl)=N/OCC(=O)O. The van der Waals surface area contributed by atoms with Crippen LogP contribution in [0.25, 0.3) is 6.08 Å². The average Bonchev–Trinajstić information content (AvgIpc) is 3.19. The summed E-state index contributed by atoms with van der Waals surface area (Å²) in [6.45, 7) is 4.43. The first-order chi connectivity index (χ1) is 17.2. The molecule has 4 aliphatic rings. The largest absolute Gasteiger partial charge is 0.479 e. The van der Waals surface area contributed by atoms with Gasteiger partial charge < -0.3 is 15.1 Å². The van der Waals surface area contributed by atoms with E-state index in [4.69, 9.17) is 21.5 Å². The van der Waals surface area contributed by atoms with E-state index >= 15 is 0 Å². The van der Waals surface area contributed by atoms with Gasteiger partial charge in [-0.1, -0.05) is 66.5 Å². The van der Waals surface area contributed by atoms with Crippen molar-refractivity contribution in [2.75, 3.05) is 6.61 Å². The molecule has 5 nitrogen and oxygen atoms in total. The van der Waals surface area contributed by atoms with Gasteiger partial charge in [0.05, 0.1) is 11.8 Å². The molecule has 0 spiro atoms. The van der Waals surface area contributed by atoms with Crippen LogP contribution in [0.1, 0.15) is 70.8 Å². The fourth-order valence-electron chi connectivity index (χ4n) is 8.29. The number of benzene rings is 1. The van der Waals surface area contributed by atoms with Crippen LogP contribution in [-0.4, -0.2) is 34.6 Å². The number of halogens is 1. The molecule has 0 bridgehead atoms. The number of nitrogens with zero attached hydrogens (tertiary/aromatic N) is 1. The summed E-state index contributed by atoms with van der Waals surface area (Å²) in [7, 11) is 0. The quantitative estimate of drug-likeness (QED) is 0.251. The molecule has 0 aliphatic heterocycles. The number of aliphatic carboxylic acids is 1. The van der Waals surface area contributed by atoms with Crippen molar-refractivity contribution >= 4 is 29.4 Å². The van der Waals surface area contributed by atoms with Gasteiger partial charge in [0.15, 0.2) is 0 Å². The molecule has 0 heterocycles. The van der Waals surface area contributed by atoms with Crippen molar-refractivity contribution in [3.8, 4) is 0 Å². The summed E-state index contributed by atoms with van der Waals surface area (Å²) in [6.07, 6.45) is 14.7. The molecule has 0 radical (unpaired) electrons. The Labute approximate surface area is 219 Å². The Morgan fingerprint density at radius 3 is 2.75 bits per heavy atom. The number of allylic oxidation sites excluding steroid dienone is 2. The smallest absolute Gasteiger partial charge is 0.344 e. The van der Waals surface area contributed by atoms with Crippen LogP contribution >= 0.6 is 11.6 Å². The second-order valence-electron chi connectivity index (χ2n) is 11.9. The van der Waals surface area contributed by atoms with Crippen molar-refractivity contribution in [3.63, 3.8) is 0 Å². The molecule has 0 unspecified atom stereocenters. The fraction of sp³-hybridized carbons (Fsp3) is 0.600. The van der Waals surface area contributed by atoms with Gasteiger partial charge >= 0.3 is 5.97 Å². The lowest BCUT2D eigenvalue weighted by atomic mass is 9.47. The summed E-state index contributed by atoms with van der Waals surface area (Å²) in [5.41, 5.74) is 3.53. The minimum absolute atomic E-state index is 0.0906. The van der Waals surface area contributed by atoms with E-state index < -0.39 is 12.6 Å². The minimum atomic E-state index is -1.03. The normalized spacial score (nSPS) is 38.2. The standard InChI is InChI=1S/C30H38ClNO4/c1-29-15-13-21(33)17-20(29)8-9-22-23-10-11-25(30(23,2)16-14-24(22)29)27(32-36-18-28(34)35)12-7-19-5-3-4-6-26(19)31/h3-8,12,21-25,33H,9-11,13-18H2,1-2H3,(H,34,35)/b12-7+,32-27+/t21-,22-,23-,24-,25+,29-,30-/m0/s1. The van der Waals surface area contributed by atoms with Crippen molar-refractivity contribution in [2.24, 2.45) is 39.7 Å². The molecule has 2 N–H and O–H groups in total. The van der Waals surface area contributed by atoms with Crippen molar-refractivity contribution in [1.29, 1.82) is 0 Å². The van der Waals surface area contributed by atoms with Crippen LogP contribution in [0, 0.1) is 34.5 Å². The summed E-state index contributed by atoms with van der Waals surface area (Å²) in [6, 6.07) is 7.69. The number of carboxylic acid groups (broad SMARTS) is 1. The van der Waals surface area contributed by atoms with Crippen LogP contribution in [0.5, 0.6) is 0 Å². The molecule has 0 saturated heterocycles. The van der Waals surface area contributed by atoms with E-state index in [0.29, 0.717) is 22.8 Å². The predicted molar refractivity (Wildman–Crippen MR) is 143 cm³/mol. The Bertz CT molecular complexity index is 1100. The highest BCUT2D eigenvalue weighted by atomic mass is 35.5. The molecule has 194 valence electrons. The van der Waals surface area contributed by atoms with E-state index in [2.05, 4.69) is 25.1 Å². The highest BCUT2D eigenvalue weighted by Gasteiger charge is 2.59. The van der Waals surface area contributed by atoms with Gasteiger partial charge in [0.2, 0.25) is 6.61 Å². The average molecular weight is 512 g/mol. The van der Waals surface area contributed by atoms with Gasteiger partial charge in [-0.05, 0) is 97.7 Å². The Balaban J connectivity index is 1.42. The van der Waals surface area contributed by atoms with E-state index in [-0.39, 0.29) is 22.9 Å². The maximum atomic E-state index is 11.1. The number of carbonyl (C=O) groups is 1. The van der Waals surface area contributed by atoms with Gasteiger partial charge in [-0.2, -0.15) is 0 Å². The van der Waals surface area contributed by atoms with E-state index in [0.717, 1.165) is 56.2 Å². The second kappa shape index (κ2) is 9.98. The highest BCUT2D eigenvalue weighted by Crippen LogP contribution is 2.66. The van der Waals surface area contributed by atoms with Crippen molar-refractivity contribution in [3.05, 3.63) is 52.6 Å². The molecule has 3 fully saturated rings. The fourth-order valence-corrected chi connectivity index (χ4v) is 8.48. The minimum Gasteiger partial charge on any atom is -0.479 e. The van der Waals surface area contributed by atoms with Crippen LogP contribution in [-0.2, 0) is 9.63 Å². The number of aliphatic hydroxyl groups excluding tert-OH is 1. The molecular weight excluding hydrogens is 474 g/mol. The van der Waals surface area contributed by atoms with Crippen LogP contribution in [0.4, 0.5) is 0 Å². The first-order valence-electron chi connectivity index (χ1n) is 13.4. The number of carboxylic acids is 1. The number of rotatable bonds is 6. The highest BCUT2D eigenvalue weighted by molar-refractivity contribution is 6.32. The Morgan fingerprint density at radius 2 is 1.97 bits per heavy atom. The van der Waals surface area contributed by atoms with E-state index in [1.165, 1.54) is 12.0 Å². The maximum absolute atomic E-state index is 11.1. The summed E-state index contributed by atoms with van der Waals surface area (Å²) in [5.74, 6) is 1.10. The van der Waals surface area contributed by atoms with Crippen molar-refractivity contribution < 1.29 is 19.8 Å². The molecule has 4 aliphatic carbocycles. The second-order valence-corrected chi connectivity index (χ2v) is 12.3. The number of fused-ring (bicyclic) bond motifs is 5. The number of oxime groups is 1. The zero-order chi connectivity index (χ0) is 25.5. The van der Waals surface area contributed by atoms with E-state index in [9.17, 15) is 9.90 Å². The molecule has 5 rings (SSSR count). The first kappa shape index (κ1) is 25.5. The number of hydrogen-bond acceptors (Lipinski definition) is 4. The van der Waals surface area contributed by atoms with Crippen LogP contribution in [0.15, 0.2) is 47.1 Å². The molecule has 7 atom stereocenters. The van der Waals surface area contributed by atoms with E-state index in [1.807, 2.05) is 36.4 Å². The first-order valence-corrected chi connectivity index (χ1v) is 13.8. The van der Waals surface area contributed by atoms with Gasteiger partial charge in [0.1, 0.15) is 0 Å². The maximum Gasteiger partial charge on any atom is 0.344 e. The van der Waals surface area contributed by atoms with Crippen molar-refractivity contribution in [1.82, 2.24) is 0 Å². The van der Waals surface area contributed by atoms with Crippen molar-refractivity contribution in [2.45, 2.75) is 71.3 Å². The third kappa shape index (κ3) is 4.54. The van der Waals surface area contributed by atoms with Crippen LogP contribution in [0.2, 0.25) is 5.02 Å². The lowest BCUT2D eigenvalue weighted by molar-refractivity contribution is -0.142. The Morgan fingerprint density at radius 1 is 1.17 bits per heavy atom. The van der Waals surface area contributed by atoms with Gasteiger partial charge in [-0.25, -0.2) is 4.79 Å². The summed E-state index contributed by atoms with van der Waals surface area (Å²) >= 11 is 6.38. The Kier molecular flexibility index (Phi) is 7.08. The van der Waals surface area contributed by atoms with Gasteiger partial charge in [-0.3, -0.25) is 0 Å². The van der Waals surface area contributed by atoms with Crippen LogP contribution < -0.4 is 0 Å². The van der Waals surface area contributed by atoms with E-state index in [1.54, 1.807) is 0 Å². The lowest BCUT2D eigenvalue weighted by Crippen LogP contribution is -2.51. The molecule has 36 heavy (non-hydrogen) atoms. The monoisotopic (exact) mass is 511 g/mol. The zero-order valence-electron chi connectivity index (χ0n) is 21.3. The van der Waals surface area contributed by atoms with Gasteiger partial charge in [0, 0.05) is 10.9 Å². The molecule has 0 amide bonds. The molecular formula is C30H38ClNO4. The molecule has 1 aromatic carbocycles.